The lowest BCUT2D eigenvalue weighted by Crippen LogP contribution is -2.13. The minimum absolute atomic E-state index is 0.509. The summed E-state index contributed by atoms with van der Waals surface area (Å²) in [5, 5.41) is 11.6. The molecule has 0 saturated carbocycles. The number of ether oxygens (including phenoxy) is 1. The number of carbonyl (C=O) groups excluding carboxylic acids is 1. The van der Waals surface area contributed by atoms with Crippen molar-refractivity contribution in [3.05, 3.63) is 41.7 Å². The predicted molar refractivity (Wildman–Crippen MR) is 63.5 cm³/mol. The number of methoxy groups -OCH3 is 1. The Morgan fingerprint density at radius 1 is 1.35 bits per heavy atom. The Labute approximate surface area is 98.9 Å². The van der Waals surface area contributed by atoms with Crippen LogP contribution in [-0.2, 0) is 9.53 Å². The van der Waals surface area contributed by atoms with Crippen LogP contribution in [0, 0.1) is 6.92 Å². The van der Waals surface area contributed by atoms with Crippen LogP contribution in [0.15, 0.2) is 30.5 Å². The molecule has 1 atom stereocenters. The molecule has 1 N–H and O–H groups in total. The van der Waals surface area contributed by atoms with Crippen molar-refractivity contribution in [3.63, 3.8) is 0 Å². The molecule has 1 aromatic carbocycles. The number of esters is 1. The summed E-state index contributed by atoms with van der Waals surface area (Å²) in [7, 11) is 1.25. The molecule has 17 heavy (non-hydrogen) atoms. The third-order valence-corrected chi connectivity index (χ3v) is 2.62. The third-order valence-electron chi connectivity index (χ3n) is 2.62. The maximum atomic E-state index is 11.2. The zero-order valence-electron chi connectivity index (χ0n) is 9.68. The Hall–Kier alpha value is -1.94. The topological polar surface area (TPSA) is 59.4 Å². The van der Waals surface area contributed by atoms with Crippen LogP contribution in [0.25, 0.3) is 10.8 Å². The van der Waals surface area contributed by atoms with Crippen LogP contribution in [-0.4, -0.2) is 23.2 Å². The largest absolute Gasteiger partial charge is 0.467 e. The molecule has 88 valence electrons. The molecule has 0 radical (unpaired) electrons. The summed E-state index contributed by atoms with van der Waals surface area (Å²) in [5.74, 6) is -0.663. The fraction of sp³-hybridized carbons (Fsp3) is 0.231. The highest BCUT2D eigenvalue weighted by Gasteiger charge is 2.17. The van der Waals surface area contributed by atoms with Gasteiger partial charge in [0, 0.05) is 17.3 Å². The number of hydrogen-bond donors (Lipinski definition) is 1. The van der Waals surface area contributed by atoms with Gasteiger partial charge in [-0.15, -0.1) is 0 Å². The van der Waals surface area contributed by atoms with Gasteiger partial charge in [0.15, 0.2) is 6.10 Å². The lowest BCUT2D eigenvalue weighted by Gasteiger charge is -2.09. The van der Waals surface area contributed by atoms with Crippen LogP contribution in [0.3, 0.4) is 0 Å². The Morgan fingerprint density at radius 3 is 2.82 bits per heavy atom. The van der Waals surface area contributed by atoms with Crippen molar-refractivity contribution in [2.24, 2.45) is 0 Å². The van der Waals surface area contributed by atoms with Crippen molar-refractivity contribution >= 4 is 16.7 Å². The lowest BCUT2D eigenvalue weighted by molar-refractivity contribution is -0.150. The molecule has 0 amide bonds. The first-order chi connectivity index (χ1) is 8.11. The van der Waals surface area contributed by atoms with Gasteiger partial charge in [0.25, 0.3) is 0 Å². The number of rotatable bonds is 2. The second-order valence-corrected chi connectivity index (χ2v) is 3.86. The number of aromatic nitrogens is 1. The number of carbonyl (C=O) groups is 1. The van der Waals surface area contributed by atoms with E-state index in [-0.39, 0.29) is 0 Å². The summed E-state index contributed by atoms with van der Waals surface area (Å²) in [6, 6.07) is 7.25. The zero-order chi connectivity index (χ0) is 12.4. The van der Waals surface area contributed by atoms with Gasteiger partial charge in [0.2, 0.25) is 0 Å². The number of pyridine rings is 1. The zero-order valence-corrected chi connectivity index (χ0v) is 9.68. The van der Waals surface area contributed by atoms with Gasteiger partial charge in [0.05, 0.1) is 7.11 Å². The van der Waals surface area contributed by atoms with Crippen LogP contribution in [0.2, 0.25) is 0 Å². The highest BCUT2D eigenvalue weighted by molar-refractivity contribution is 5.84. The fourth-order valence-corrected chi connectivity index (χ4v) is 1.69. The maximum absolute atomic E-state index is 11.2. The molecule has 1 unspecified atom stereocenters. The molecule has 4 nitrogen and oxygen atoms in total. The second kappa shape index (κ2) is 4.51. The van der Waals surface area contributed by atoms with Crippen LogP contribution < -0.4 is 0 Å². The summed E-state index contributed by atoms with van der Waals surface area (Å²) >= 11 is 0. The SMILES string of the molecule is COC(=O)C(O)c1ccc2cc(C)ncc2c1. The van der Waals surface area contributed by atoms with Crippen molar-refractivity contribution < 1.29 is 14.6 Å². The van der Waals surface area contributed by atoms with Crippen LogP contribution in [0.1, 0.15) is 17.4 Å². The molecule has 4 heteroatoms. The summed E-state index contributed by atoms with van der Waals surface area (Å²) in [6.07, 6.45) is 0.476. The summed E-state index contributed by atoms with van der Waals surface area (Å²) in [4.78, 5) is 15.4. The number of fused-ring (bicyclic) bond motifs is 1. The average molecular weight is 231 g/mol. The van der Waals surface area contributed by atoms with E-state index in [0.717, 1.165) is 16.5 Å². The molecule has 0 aliphatic carbocycles. The van der Waals surface area contributed by atoms with Gasteiger partial charge in [-0.25, -0.2) is 4.79 Å². The standard InChI is InChI=1S/C13H13NO3/c1-8-5-9-3-4-10(6-11(9)7-14-8)12(15)13(16)17-2/h3-7,12,15H,1-2H3. The molecule has 2 rings (SSSR count). The molecule has 1 aromatic heterocycles. The summed E-state index contributed by atoms with van der Waals surface area (Å²) in [5.41, 5.74) is 1.44. The van der Waals surface area contributed by atoms with Crippen LogP contribution in [0.5, 0.6) is 0 Å². The van der Waals surface area contributed by atoms with Crippen molar-refractivity contribution in [2.75, 3.05) is 7.11 Å². The fourth-order valence-electron chi connectivity index (χ4n) is 1.69. The van der Waals surface area contributed by atoms with Gasteiger partial charge in [-0.05, 0) is 30.0 Å². The number of aryl methyl sites for hydroxylation is 1. The molecule has 0 aliphatic rings. The van der Waals surface area contributed by atoms with E-state index in [1.54, 1.807) is 18.3 Å². The van der Waals surface area contributed by atoms with Crippen molar-refractivity contribution in [1.82, 2.24) is 4.98 Å². The summed E-state index contributed by atoms with van der Waals surface area (Å²) in [6.45, 7) is 1.91. The summed E-state index contributed by atoms with van der Waals surface area (Å²) < 4.78 is 4.49. The van der Waals surface area contributed by atoms with Crippen molar-refractivity contribution in [1.29, 1.82) is 0 Å². The van der Waals surface area contributed by atoms with E-state index in [0.29, 0.717) is 5.56 Å². The van der Waals surface area contributed by atoms with E-state index in [1.807, 2.05) is 19.1 Å². The quantitative estimate of drug-likeness (QED) is 0.800. The van der Waals surface area contributed by atoms with E-state index < -0.39 is 12.1 Å². The Balaban J connectivity index is 2.44. The van der Waals surface area contributed by atoms with Gasteiger partial charge >= 0.3 is 5.97 Å². The molecule has 0 saturated heterocycles. The number of nitrogens with zero attached hydrogens (tertiary/aromatic N) is 1. The molecule has 2 aromatic rings. The predicted octanol–water partition coefficient (Wildman–Crippen LogP) is 1.75. The van der Waals surface area contributed by atoms with E-state index >= 15 is 0 Å². The van der Waals surface area contributed by atoms with E-state index in [9.17, 15) is 9.90 Å². The van der Waals surface area contributed by atoms with Gasteiger partial charge in [-0.3, -0.25) is 4.98 Å². The van der Waals surface area contributed by atoms with Crippen molar-refractivity contribution in [3.8, 4) is 0 Å². The van der Waals surface area contributed by atoms with Crippen molar-refractivity contribution in [2.45, 2.75) is 13.0 Å². The first-order valence-corrected chi connectivity index (χ1v) is 5.24. The highest BCUT2D eigenvalue weighted by atomic mass is 16.5. The van der Waals surface area contributed by atoms with E-state index in [4.69, 9.17) is 0 Å². The van der Waals surface area contributed by atoms with Crippen LogP contribution in [0.4, 0.5) is 0 Å². The monoisotopic (exact) mass is 231 g/mol. The van der Waals surface area contributed by atoms with Gasteiger partial charge in [-0.1, -0.05) is 12.1 Å². The van der Waals surface area contributed by atoms with Crippen LogP contribution >= 0.6 is 0 Å². The maximum Gasteiger partial charge on any atom is 0.339 e. The Morgan fingerprint density at radius 2 is 2.12 bits per heavy atom. The molecule has 0 aliphatic heterocycles. The highest BCUT2D eigenvalue weighted by Crippen LogP contribution is 2.21. The van der Waals surface area contributed by atoms with Gasteiger partial charge < -0.3 is 9.84 Å². The Bertz CT molecular complexity index is 566. The average Bonchev–Trinajstić information content (AvgIpc) is 2.36. The first kappa shape index (κ1) is 11.5. The number of aliphatic hydroxyl groups excluding tert-OH is 1. The first-order valence-electron chi connectivity index (χ1n) is 5.24. The second-order valence-electron chi connectivity index (χ2n) is 3.86. The minimum Gasteiger partial charge on any atom is -0.467 e. The smallest absolute Gasteiger partial charge is 0.339 e. The molecule has 0 fully saturated rings. The molecular formula is C13H13NO3. The van der Waals surface area contributed by atoms with Gasteiger partial charge in [-0.2, -0.15) is 0 Å². The number of benzene rings is 1. The minimum atomic E-state index is -1.24. The molecule has 1 heterocycles. The third kappa shape index (κ3) is 2.26. The van der Waals surface area contributed by atoms with Gasteiger partial charge in [0.1, 0.15) is 0 Å². The van der Waals surface area contributed by atoms with E-state index in [2.05, 4.69) is 9.72 Å². The molecular weight excluding hydrogens is 218 g/mol. The normalized spacial score (nSPS) is 12.4. The van der Waals surface area contributed by atoms with E-state index in [1.165, 1.54) is 7.11 Å². The number of hydrogen-bond acceptors (Lipinski definition) is 4. The molecule has 0 spiro atoms. The number of aliphatic hydroxyl groups is 1. The Kier molecular flexibility index (Phi) is 3.06. The lowest BCUT2D eigenvalue weighted by atomic mass is 10.0. The molecule has 0 bridgehead atoms.